The number of nitrogens with zero attached hydrogens (tertiary/aromatic N) is 3. The van der Waals surface area contributed by atoms with Gasteiger partial charge >= 0.3 is 0 Å². The molecule has 1 N–H and O–H groups in total. The molecule has 0 bridgehead atoms. The summed E-state index contributed by atoms with van der Waals surface area (Å²) in [6, 6.07) is 3.87. The Hall–Kier alpha value is -1.66. The normalized spacial score (nSPS) is 29.3. The molecule has 2 fully saturated rings. The van der Waals surface area contributed by atoms with Gasteiger partial charge in [-0.3, -0.25) is 14.7 Å². The predicted octanol–water partition coefficient (Wildman–Crippen LogP) is 1.24. The molecule has 2 aliphatic rings. The van der Waals surface area contributed by atoms with E-state index in [0.29, 0.717) is 18.4 Å². The number of carbonyl (C=O) groups excluding carboxylic acids is 1. The number of amides is 1. The van der Waals surface area contributed by atoms with Crippen molar-refractivity contribution in [3.63, 3.8) is 0 Å². The molecule has 1 aliphatic carbocycles. The number of carbonyl (C=O) groups is 1. The smallest absolute Gasteiger partial charge is 0.236 e. The highest BCUT2D eigenvalue weighted by Crippen LogP contribution is 2.38. The monoisotopic (exact) mass is 347 g/mol. The molecule has 1 amide bonds. The van der Waals surface area contributed by atoms with E-state index in [2.05, 4.69) is 9.88 Å². The van der Waals surface area contributed by atoms with Crippen LogP contribution in [0.1, 0.15) is 24.2 Å². The maximum absolute atomic E-state index is 11.9. The number of likely N-dealkylation sites (N-methyl/N-ethyl adjacent to an activating group) is 1. The molecule has 0 spiro atoms. The second kappa shape index (κ2) is 7.30. The third-order valence-electron chi connectivity index (χ3n) is 5.47. The van der Waals surface area contributed by atoms with Crippen LogP contribution in [-0.4, -0.2) is 71.7 Å². The molecule has 0 unspecified atom stereocenters. The van der Waals surface area contributed by atoms with Gasteiger partial charge in [0.05, 0.1) is 18.3 Å². The maximum atomic E-state index is 11.9. The number of hydrogen-bond donors (Lipinski definition) is 1. The minimum absolute atomic E-state index is 0.133. The maximum Gasteiger partial charge on any atom is 0.236 e. The molecule has 138 valence electrons. The van der Waals surface area contributed by atoms with Gasteiger partial charge in [-0.1, -0.05) is 0 Å². The first-order chi connectivity index (χ1) is 11.8. The van der Waals surface area contributed by atoms with E-state index in [4.69, 9.17) is 4.74 Å². The summed E-state index contributed by atoms with van der Waals surface area (Å²) < 4.78 is 6.11. The van der Waals surface area contributed by atoms with Crippen molar-refractivity contribution in [1.29, 1.82) is 0 Å². The van der Waals surface area contributed by atoms with E-state index >= 15 is 0 Å². The largest absolute Gasteiger partial charge is 0.486 e. The predicted molar refractivity (Wildman–Crippen MR) is 95.5 cm³/mol. The Labute approximate surface area is 149 Å². The van der Waals surface area contributed by atoms with Crippen molar-refractivity contribution in [2.75, 3.05) is 33.7 Å². The van der Waals surface area contributed by atoms with Gasteiger partial charge in [-0.2, -0.15) is 0 Å². The van der Waals surface area contributed by atoms with Crippen molar-refractivity contribution in [3.05, 3.63) is 23.5 Å². The minimum Gasteiger partial charge on any atom is -0.486 e. The summed E-state index contributed by atoms with van der Waals surface area (Å²) in [5, 5.41) is 10.5. The van der Waals surface area contributed by atoms with Gasteiger partial charge in [-0.25, -0.2) is 0 Å². The van der Waals surface area contributed by atoms with Crippen molar-refractivity contribution < 1.29 is 14.6 Å². The number of ether oxygens (including phenoxy) is 1. The van der Waals surface area contributed by atoms with Gasteiger partial charge in [0.25, 0.3) is 0 Å². The molecule has 6 heteroatoms. The van der Waals surface area contributed by atoms with Crippen LogP contribution < -0.4 is 4.74 Å². The summed E-state index contributed by atoms with van der Waals surface area (Å²) in [5.74, 6) is 1.81. The topological polar surface area (TPSA) is 65.9 Å². The first kappa shape index (κ1) is 18.1. The SMILES string of the molecule is Cc1ccc(O[C@@H]2C[C@@H]3CN(CC(=O)N(C)C)C[C@@H]3C[C@H]2O)c(C)n1. The number of aliphatic hydroxyl groups is 1. The van der Waals surface area contributed by atoms with Crippen LogP contribution in [0.4, 0.5) is 0 Å². The zero-order valence-electron chi connectivity index (χ0n) is 15.6. The van der Waals surface area contributed by atoms with Crippen molar-refractivity contribution in [2.24, 2.45) is 11.8 Å². The summed E-state index contributed by atoms with van der Waals surface area (Å²) in [5.41, 5.74) is 1.82. The Morgan fingerprint density at radius 2 is 1.96 bits per heavy atom. The Morgan fingerprint density at radius 3 is 2.60 bits per heavy atom. The molecule has 1 aromatic rings. The average Bonchev–Trinajstić information content (AvgIpc) is 2.91. The van der Waals surface area contributed by atoms with Crippen LogP contribution in [0, 0.1) is 25.7 Å². The molecule has 6 nitrogen and oxygen atoms in total. The lowest BCUT2D eigenvalue weighted by Crippen LogP contribution is -2.42. The highest BCUT2D eigenvalue weighted by Gasteiger charge is 2.43. The Bertz CT molecular complexity index is 634. The van der Waals surface area contributed by atoms with Crippen molar-refractivity contribution >= 4 is 5.91 Å². The molecule has 1 saturated heterocycles. The van der Waals surface area contributed by atoms with Crippen LogP contribution in [0.3, 0.4) is 0 Å². The van der Waals surface area contributed by atoms with Crippen LogP contribution in [0.5, 0.6) is 5.75 Å². The minimum atomic E-state index is -0.466. The number of aromatic nitrogens is 1. The van der Waals surface area contributed by atoms with Gasteiger partial charge in [-0.05, 0) is 50.7 Å². The van der Waals surface area contributed by atoms with Gasteiger partial charge in [0.2, 0.25) is 5.91 Å². The van der Waals surface area contributed by atoms with Crippen LogP contribution in [0.25, 0.3) is 0 Å². The van der Waals surface area contributed by atoms with E-state index in [9.17, 15) is 9.90 Å². The first-order valence-electron chi connectivity index (χ1n) is 9.05. The molecule has 1 saturated carbocycles. The fourth-order valence-corrected chi connectivity index (χ4v) is 4.04. The third-order valence-corrected chi connectivity index (χ3v) is 5.47. The second-order valence-corrected chi connectivity index (χ2v) is 7.73. The Balaban J connectivity index is 1.61. The number of aliphatic hydroxyl groups excluding tert-OH is 1. The van der Waals surface area contributed by atoms with Crippen LogP contribution in [0.2, 0.25) is 0 Å². The molecular weight excluding hydrogens is 318 g/mol. The Kier molecular flexibility index (Phi) is 5.29. The lowest BCUT2D eigenvalue weighted by molar-refractivity contribution is -0.129. The Morgan fingerprint density at radius 1 is 1.28 bits per heavy atom. The van der Waals surface area contributed by atoms with Crippen LogP contribution in [0.15, 0.2) is 12.1 Å². The highest BCUT2D eigenvalue weighted by molar-refractivity contribution is 5.77. The number of pyridine rings is 1. The average molecular weight is 347 g/mol. The summed E-state index contributed by atoms with van der Waals surface area (Å²) in [4.78, 5) is 20.2. The van der Waals surface area contributed by atoms with E-state index < -0.39 is 6.10 Å². The molecule has 0 radical (unpaired) electrons. The van der Waals surface area contributed by atoms with Gasteiger partial charge in [0.1, 0.15) is 11.9 Å². The molecule has 25 heavy (non-hydrogen) atoms. The molecule has 4 atom stereocenters. The summed E-state index contributed by atoms with van der Waals surface area (Å²) in [6.07, 6.45) is 0.895. The van der Waals surface area contributed by atoms with E-state index in [1.165, 1.54) is 0 Å². The lowest BCUT2D eigenvalue weighted by atomic mass is 9.78. The van der Waals surface area contributed by atoms with Crippen LogP contribution in [-0.2, 0) is 4.79 Å². The van der Waals surface area contributed by atoms with E-state index in [1.54, 1.807) is 19.0 Å². The van der Waals surface area contributed by atoms with Gasteiger partial charge in [0, 0.05) is 32.9 Å². The summed E-state index contributed by atoms with van der Waals surface area (Å²) >= 11 is 0. The van der Waals surface area contributed by atoms with E-state index in [1.807, 2.05) is 26.0 Å². The van der Waals surface area contributed by atoms with Crippen molar-refractivity contribution in [3.8, 4) is 5.75 Å². The van der Waals surface area contributed by atoms with Gasteiger partial charge < -0.3 is 14.7 Å². The zero-order chi connectivity index (χ0) is 18.1. The molecule has 0 aromatic carbocycles. The number of aryl methyl sites for hydroxylation is 2. The quantitative estimate of drug-likeness (QED) is 0.888. The summed E-state index contributed by atoms with van der Waals surface area (Å²) in [7, 11) is 3.58. The molecule has 3 rings (SSSR count). The van der Waals surface area contributed by atoms with Crippen molar-refractivity contribution in [2.45, 2.75) is 38.9 Å². The number of fused-ring (bicyclic) bond motifs is 1. The second-order valence-electron chi connectivity index (χ2n) is 7.73. The van der Waals surface area contributed by atoms with Gasteiger partial charge in [0.15, 0.2) is 0 Å². The number of rotatable bonds is 4. The number of likely N-dealkylation sites (tertiary alicyclic amines) is 1. The van der Waals surface area contributed by atoms with E-state index in [0.717, 1.165) is 43.1 Å². The lowest BCUT2D eigenvalue weighted by Gasteiger charge is -2.35. The van der Waals surface area contributed by atoms with Gasteiger partial charge in [-0.15, -0.1) is 0 Å². The fourth-order valence-electron chi connectivity index (χ4n) is 4.04. The summed E-state index contributed by atoms with van der Waals surface area (Å²) in [6.45, 7) is 6.15. The molecule has 2 heterocycles. The van der Waals surface area contributed by atoms with E-state index in [-0.39, 0.29) is 12.0 Å². The van der Waals surface area contributed by atoms with Crippen molar-refractivity contribution in [1.82, 2.24) is 14.8 Å². The number of hydrogen-bond acceptors (Lipinski definition) is 5. The first-order valence-corrected chi connectivity index (χ1v) is 9.05. The fraction of sp³-hybridized carbons (Fsp3) is 0.684. The molecule has 1 aromatic heterocycles. The molecule has 1 aliphatic heterocycles. The highest BCUT2D eigenvalue weighted by atomic mass is 16.5. The van der Waals surface area contributed by atoms with Crippen LogP contribution >= 0.6 is 0 Å². The zero-order valence-corrected chi connectivity index (χ0v) is 15.6. The third kappa shape index (κ3) is 4.12. The molecular formula is C19H29N3O3. The standard InChI is InChI=1S/C19H29N3O3/c1-12-5-6-17(13(2)20-12)25-18-8-15-10-22(11-19(24)21(3)4)9-14(15)7-16(18)23/h5-6,14-16,18,23H,7-11H2,1-4H3/t14-,15+,16+,18+/m0/s1.